The Morgan fingerprint density at radius 3 is 2.48 bits per heavy atom. The highest BCUT2D eigenvalue weighted by molar-refractivity contribution is 9.10. The molecule has 2 heterocycles. The monoisotopic (exact) mass is 650 g/mol. The first-order valence-corrected chi connectivity index (χ1v) is 14.8. The number of esters is 1. The Labute approximate surface area is 254 Å². The van der Waals surface area contributed by atoms with Crippen LogP contribution >= 0.6 is 27.3 Å². The van der Waals surface area contributed by atoms with E-state index in [1.54, 1.807) is 68.9 Å². The number of thiazole rings is 1. The van der Waals surface area contributed by atoms with Gasteiger partial charge in [-0.3, -0.25) is 9.36 Å². The quantitative estimate of drug-likeness (QED) is 0.230. The molecule has 216 valence electrons. The zero-order chi connectivity index (χ0) is 30.0. The molecule has 0 unspecified atom stereocenters. The number of carbonyl (C=O) groups is 1. The number of hydrogen-bond donors (Lipinski definition) is 0. The summed E-state index contributed by atoms with van der Waals surface area (Å²) in [6.45, 7) is 5.60. The summed E-state index contributed by atoms with van der Waals surface area (Å²) in [6, 6.07) is 18.2. The van der Waals surface area contributed by atoms with Gasteiger partial charge in [-0.2, -0.15) is 0 Å². The van der Waals surface area contributed by atoms with Gasteiger partial charge in [-0.15, -0.1) is 0 Å². The molecule has 1 atom stereocenters. The third kappa shape index (κ3) is 6.24. The van der Waals surface area contributed by atoms with Gasteiger partial charge in [0.15, 0.2) is 4.80 Å². The second kappa shape index (κ2) is 12.5. The van der Waals surface area contributed by atoms with Crippen LogP contribution in [0.2, 0.25) is 0 Å². The van der Waals surface area contributed by atoms with Gasteiger partial charge in [0.05, 0.1) is 39.5 Å². The molecular formula is C32H28BrFN2O5S. The van der Waals surface area contributed by atoms with Gasteiger partial charge in [0.2, 0.25) is 0 Å². The van der Waals surface area contributed by atoms with Crippen molar-refractivity contribution in [1.29, 1.82) is 0 Å². The average molecular weight is 652 g/mol. The molecule has 0 radical (unpaired) electrons. The Morgan fingerprint density at radius 2 is 1.83 bits per heavy atom. The van der Waals surface area contributed by atoms with E-state index in [9.17, 15) is 14.0 Å². The molecule has 1 aliphatic rings. The summed E-state index contributed by atoms with van der Waals surface area (Å²) < 4.78 is 32.7. The molecule has 7 nitrogen and oxygen atoms in total. The van der Waals surface area contributed by atoms with Crippen LogP contribution in [0.5, 0.6) is 11.5 Å². The van der Waals surface area contributed by atoms with Crippen molar-refractivity contribution in [3.8, 4) is 11.5 Å². The van der Waals surface area contributed by atoms with Crippen LogP contribution < -0.4 is 24.4 Å². The van der Waals surface area contributed by atoms with Gasteiger partial charge in [-0.05, 0) is 95.9 Å². The fraction of sp³-hybridized carbons (Fsp3) is 0.219. The Balaban J connectivity index is 1.52. The van der Waals surface area contributed by atoms with Crippen LogP contribution in [0.4, 0.5) is 4.39 Å². The number of nitrogens with zero attached hydrogens (tertiary/aromatic N) is 2. The SMILES string of the molecule is COc1ccc([C@@H]2C(C(=O)OC(C)C)=C(C)N=c3s/c(=C\c4ccc(OCc5ccc(F)cc5)c(Br)c4)c(=O)n32)cc1. The predicted octanol–water partition coefficient (Wildman–Crippen LogP) is 5.68. The van der Waals surface area contributed by atoms with Crippen LogP contribution in [0.1, 0.15) is 43.5 Å². The predicted molar refractivity (Wildman–Crippen MR) is 163 cm³/mol. The third-order valence-corrected chi connectivity index (χ3v) is 8.18. The van der Waals surface area contributed by atoms with Gasteiger partial charge < -0.3 is 14.2 Å². The molecule has 0 bridgehead atoms. The minimum absolute atomic E-state index is 0.269. The van der Waals surface area contributed by atoms with E-state index in [4.69, 9.17) is 14.2 Å². The number of fused-ring (bicyclic) bond motifs is 1. The fourth-order valence-corrected chi connectivity index (χ4v) is 6.14. The van der Waals surface area contributed by atoms with Crippen molar-refractivity contribution in [3.05, 3.63) is 125 Å². The van der Waals surface area contributed by atoms with Crippen molar-refractivity contribution in [2.24, 2.45) is 4.99 Å². The van der Waals surface area contributed by atoms with Crippen LogP contribution in [0.25, 0.3) is 6.08 Å². The Morgan fingerprint density at radius 1 is 1.12 bits per heavy atom. The highest BCUT2D eigenvalue weighted by Crippen LogP contribution is 2.32. The van der Waals surface area contributed by atoms with E-state index in [0.29, 0.717) is 36.6 Å². The zero-order valence-corrected chi connectivity index (χ0v) is 25.8. The van der Waals surface area contributed by atoms with Gasteiger partial charge >= 0.3 is 5.97 Å². The van der Waals surface area contributed by atoms with Crippen LogP contribution in [0.15, 0.2) is 92.3 Å². The maximum Gasteiger partial charge on any atom is 0.338 e. The minimum atomic E-state index is -0.713. The Kier molecular flexibility index (Phi) is 8.74. The first-order valence-electron chi connectivity index (χ1n) is 13.2. The van der Waals surface area contributed by atoms with E-state index < -0.39 is 12.0 Å². The molecule has 1 aliphatic heterocycles. The van der Waals surface area contributed by atoms with Crippen molar-refractivity contribution in [2.45, 2.75) is 39.5 Å². The molecule has 3 aromatic carbocycles. The number of aromatic nitrogens is 1. The van der Waals surface area contributed by atoms with Crippen molar-refractivity contribution < 1.29 is 23.4 Å². The lowest BCUT2D eigenvalue weighted by molar-refractivity contribution is -0.143. The number of hydrogen-bond acceptors (Lipinski definition) is 7. The molecule has 10 heteroatoms. The van der Waals surface area contributed by atoms with Crippen LogP contribution in [-0.4, -0.2) is 23.8 Å². The number of halogens is 2. The standard InChI is InChI=1S/C32H28BrFN2O5S/c1-18(2)41-31(38)28-19(3)35-32-36(29(28)22-8-12-24(39-4)13-9-22)30(37)27(42-32)16-21-7-14-26(25(33)15-21)40-17-20-5-10-23(34)11-6-20/h5-16,18,29H,17H2,1-4H3/b27-16-/t29-/m1/s1. The number of methoxy groups -OCH3 is 1. The highest BCUT2D eigenvalue weighted by Gasteiger charge is 2.33. The van der Waals surface area contributed by atoms with E-state index in [1.807, 2.05) is 24.3 Å². The summed E-state index contributed by atoms with van der Waals surface area (Å²) in [7, 11) is 1.58. The molecule has 0 aliphatic carbocycles. The fourth-order valence-electron chi connectivity index (χ4n) is 4.58. The first kappa shape index (κ1) is 29.5. The van der Waals surface area contributed by atoms with Crippen molar-refractivity contribution >= 4 is 39.3 Å². The molecule has 5 rings (SSSR count). The third-order valence-electron chi connectivity index (χ3n) is 6.58. The average Bonchev–Trinajstić information content (AvgIpc) is 3.26. The molecule has 0 N–H and O–H groups in total. The molecule has 4 aromatic rings. The lowest BCUT2D eigenvalue weighted by atomic mass is 9.96. The summed E-state index contributed by atoms with van der Waals surface area (Å²) in [5.41, 5.74) is 2.90. The Bertz CT molecular complexity index is 1840. The molecule has 0 spiro atoms. The van der Waals surface area contributed by atoms with Crippen LogP contribution in [-0.2, 0) is 16.1 Å². The minimum Gasteiger partial charge on any atom is -0.497 e. The lowest BCUT2D eigenvalue weighted by Gasteiger charge is -2.25. The van der Waals surface area contributed by atoms with E-state index in [0.717, 1.165) is 16.7 Å². The van der Waals surface area contributed by atoms with Gasteiger partial charge in [0, 0.05) is 0 Å². The second-order valence-electron chi connectivity index (χ2n) is 9.91. The lowest BCUT2D eigenvalue weighted by Crippen LogP contribution is -2.40. The summed E-state index contributed by atoms with van der Waals surface area (Å²) in [5, 5.41) is 0. The molecule has 0 saturated carbocycles. The van der Waals surface area contributed by atoms with E-state index in [2.05, 4.69) is 20.9 Å². The Hall–Kier alpha value is -4.02. The maximum atomic E-state index is 13.9. The van der Waals surface area contributed by atoms with Gasteiger partial charge in [-0.1, -0.05) is 41.7 Å². The first-order chi connectivity index (χ1) is 20.1. The van der Waals surface area contributed by atoms with E-state index >= 15 is 0 Å². The van der Waals surface area contributed by atoms with E-state index in [-0.39, 0.29) is 24.1 Å². The molecule has 0 saturated heterocycles. The van der Waals surface area contributed by atoms with Crippen molar-refractivity contribution in [2.75, 3.05) is 7.11 Å². The van der Waals surface area contributed by atoms with Gasteiger partial charge in [0.1, 0.15) is 23.9 Å². The highest BCUT2D eigenvalue weighted by atomic mass is 79.9. The number of carbonyl (C=O) groups excluding carboxylic acids is 1. The smallest absolute Gasteiger partial charge is 0.338 e. The topological polar surface area (TPSA) is 79.1 Å². The molecule has 42 heavy (non-hydrogen) atoms. The molecular weight excluding hydrogens is 623 g/mol. The van der Waals surface area contributed by atoms with Crippen LogP contribution in [0, 0.1) is 5.82 Å². The number of allylic oxidation sites excluding steroid dienone is 1. The summed E-state index contributed by atoms with van der Waals surface area (Å²) in [6.07, 6.45) is 1.45. The number of benzene rings is 3. The van der Waals surface area contributed by atoms with Gasteiger partial charge in [0.25, 0.3) is 5.56 Å². The molecule has 0 fully saturated rings. The second-order valence-corrected chi connectivity index (χ2v) is 11.8. The zero-order valence-electron chi connectivity index (χ0n) is 23.4. The number of rotatable bonds is 8. The van der Waals surface area contributed by atoms with Crippen LogP contribution in [0.3, 0.4) is 0 Å². The summed E-state index contributed by atoms with van der Waals surface area (Å²) in [4.78, 5) is 32.3. The normalized spacial score (nSPS) is 14.9. The van der Waals surface area contributed by atoms with Gasteiger partial charge in [-0.25, -0.2) is 14.2 Å². The number of ether oxygens (including phenoxy) is 3. The van der Waals surface area contributed by atoms with E-state index in [1.165, 1.54) is 23.5 Å². The molecule has 0 amide bonds. The van der Waals surface area contributed by atoms with Crippen molar-refractivity contribution in [1.82, 2.24) is 4.57 Å². The maximum absolute atomic E-state index is 13.9. The summed E-state index contributed by atoms with van der Waals surface area (Å²) >= 11 is 4.81. The largest absolute Gasteiger partial charge is 0.497 e. The van der Waals surface area contributed by atoms with Crippen molar-refractivity contribution in [3.63, 3.8) is 0 Å². The molecule has 1 aromatic heterocycles. The summed E-state index contributed by atoms with van der Waals surface area (Å²) in [5.74, 6) is 0.462.